The number of carboxylic acid groups (broad SMARTS) is 1. The lowest BCUT2D eigenvalue weighted by Gasteiger charge is -2.18. The minimum atomic E-state index is -0.899. The molecule has 0 bridgehead atoms. The molecule has 5 heteroatoms. The maximum absolute atomic E-state index is 11.8. The molecule has 1 aromatic rings. The van der Waals surface area contributed by atoms with Gasteiger partial charge in [0.1, 0.15) is 0 Å². The molecule has 0 aliphatic carbocycles. The van der Waals surface area contributed by atoms with Gasteiger partial charge in [-0.25, -0.2) is 4.98 Å². The Bertz CT molecular complexity index is 437. The van der Waals surface area contributed by atoms with Crippen LogP contribution in [0.4, 0.5) is 0 Å². The van der Waals surface area contributed by atoms with Crippen molar-refractivity contribution < 1.29 is 9.90 Å². The molecule has 1 unspecified atom stereocenters. The first-order valence-corrected chi connectivity index (χ1v) is 5.15. The van der Waals surface area contributed by atoms with Gasteiger partial charge in [-0.2, -0.15) is 0 Å². The predicted molar refractivity (Wildman–Crippen MR) is 59.3 cm³/mol. The highest BCUT2D eigenvalue weighted by molar-refractivity contribution is 5.68. The molecule has 1 aromatic heterocycles. The van der Waals surface area contributed by atoms with Crippen LogP contribution < -0.4 is 5.56 Å². The summed E-state index contributed by atoms with van der Waals surface area (Å²) in [5.74, 6) is -1.09. The molecule has 5 nitrogen and oxygen atoms in total. The van der Waals surface area contributed by atoms with E-state index in [0.717, 1.165) is 0 Å². The molecule has 0 radical (unpaired) electrons. The largest absolute Gasteiger partial charge is 0.481 e. The topological polar surface area (TPSA) is 72.2 Å². The van der Waals surface area contributed by atoms with Crippen molar-refractivity contribution in [3.05, 3.63) is 28.4 Å². The van der Waals surface area contributed by atoms with Crippen LogP contribution in [0.25, 0.3) is 0 Å². The van der Waals surface area contributed by atoms with Crippen LogP contribution >= 0.6 is 0 Å². The van der Waals surface area contributed by atoms with Crippen LogP contribution in [0.3, 0.4) is 0 Å². The minimum absolute atomic E-state index is 0.0431. The maximum atomic E-state index is 11.8. The SMILES string of the molecule is CC(C)C(CC(=O)O)c1cncn(C)c1=O. The van der Waals surface area contributed by atoms with E-state index < -0.39 is 5.97 Å². The Balaban J connectivity index is 3.16. The number of carbonyl (C=O) groups is 1. The zero-order chi connectivity index (χ0) is 12.3. The Morgan fingerprint density at radius 1 is 1.56 bits per heavy atom. The number of hydrogen-bond acceptors (Lipinski definition) is 3. The molecule has 1 N–H and O–H groups in total. The van der Waals surface area contributed by atoms with Gasteiger partial charge < -0.3 is 9.67 Å². The highest BCUT2D eigenvalue weighted by Crippen LogP contribution is 2.24. The third-order valence-corrected chi connectivity index (χ3v) is 2.62. The van der Waals surface area contributed by atoms with Crippen LogP contribution in [-0.2, 0) is 11.8 Å². The van der Waals surface area contributed by atoms with Crippen molar-refractivity contribution >= 4 is 5.97 Å². The normalized spacial score (nSPS) is 12.8. The van der Waals surface area contributed by atoms with Crippen LogP contribution in [0.1, 0.15) is 31.7 Å². The second-order valence-corrected chi connectivity index (χ2v) is 4.21. The molecule has 1 atom stereocenters. The maximum Gasteiger partial charge on any atom is 0.303 e. The van der Waals surface area contributed by atoms with E-state index in [4.69, 9.17) is 5.11 Å². The number of rotatable bonds is 4. The van der Waals surface area contributed by atoms with Crippen LogP contribution in [0.2, 0.25) is 0 Å². The summed E-state index contributed by atoms with van der Waals surface area (Å²) in [4.78, 5) is 26.5. The summed E-state index contributed by atoms with van der Waals surface area (Å²) in [5.41, 5.74) is 0.303. The third-order valence-electron chi connectivity index (χ3n) is 2.62. The van der Waals surface area contributed by atoms with Gasteiger partial charge in [0, 0.05) is 24.7 Å². The fraction of sp³-hybridized carbons (Fsp3) is 0.545. The van der Waals surface area contributed by atoms with Gasteiger partial charge in [-0.1, -0.05) is 13.8 Å². The van der Waals surface area contributed by atoms with Crippen molar-refractivity contribution in [3.8, 4) is 0 Å². The van der Waals surface area contributed by atoms with Crippen LogP contribution in [0.15, 0.2) is 17.3 Å². The Morgan fingerprint density at radius 2 is 2.19 bits per heavy atom. The molecular weight excluding hydrogens is 208 g/mol. The zero-order valence-corrected chi connectivity index (χ0v) is 9.67. The molecule has 88 valence electrons. The minimum Gasteiger partial charge on any atom is -0.481 e. The lowest BCUT2D eigenvalue weighted by molar-refractivity contribution is -0.137. The first-order chi connectivity index (χ1) is 7.43. The van der Waals surface area contributed by atoms with E-state index >= 15 is 0 Å². The third kappa shape index (κ3) is 2.68. The Hall–Kier alpha value is -1.65. The molecule has 0 saturated carbocycles. The predicted octanol–water partition coefficient (Wildman–Crippen LogP) is 0.995. The molecule has 1 rings (SSSR count). The first kappa shape index (κ1) is 12.4. The Morgan fingerprint density at radius 3 is 2.69 bits per heavy atom. The van der Waals surface area contributed by atoms with Crippen molar-refractivity contribution in [2.75, 3.05) is 0 Å². The average molecular weight is 224 g/mol. The van der Waals surface area contributed by atoms with E-state index in [1.807, 2.05) is 13.8 Å². The van der Waals surface area contributed by atoms with Crippen molar-refractivity contribution in [3.63, 3.8) is 0 Å². The summed E-state index contributed by atoms with van der Waals surface area (Å²) in [6.45, 7) is 3.81. The van der Waals surface area contributed by atoms with Crippen LogP contribution in [0, 0.1) is 5.92 Å². The smallest absolute Gasteiger partial charge is 0.303 e. The number of aliphatic carboxylic acids is 1. The fourth-order valence-corrected chi connectivity index (χ4v) is 1.67. The molecule has 0 fully saturated rings. The second kappa shape index (κ2) is 4.92. The van der Waals surface area contributed by atoms with Gasteiger partial charge in [0.05, 0.1) is 12.7 Å². The Labute approximate surface area is 93.8 Å². The Kier molecular flexibility index (Phi) is 3.82. The fourth-order valence-electron chi connectivity index (χ4n) is 1.67. The first-order valence-electron chi connectivity index (χ1n) is 5.15. The van der Waals surface area contributed by atoms with E-state index in [2.05, 4.69) is 4.98 Å². The van der Waals surface area contributed by atoms with E-state index in [9.17, 15) is 9.59 Å². The van der Waals surface area contributed by atoms with Gasteiger partial charge in [0.15, 0.2) is 0 Å². The second-order valence-electron chi connectivity index (χ2n) is 4.21. The number of nitrogens with zero attached hydrogens (tertiary/aromatic N) is 2. The summed E-state index contributed by atoms with van der Waals surface area (Å²) in [7, 11) is 1.61. The lowest BCUT2D eigenvalue weighted by atomic mass is 9.87. The van der Waals surface area contributed by atoms with Gasteiger partial charge in [-0.05, 0) is 5.92 Å². The van der Waals surface area contributed by atoms with Crippen LogP contribution in [-0.4, -0.2) is 20.6 Å². The van der Waals surface area contributed by atoms with E-state index in [-0.39, 0.29) is 23.8 Å². The van der Waals surface area contributed by atoms with Gasteiger partial charge >= 0.3 is 5.97 Å². The molecule has 0 aliphatic rings. The van der Waals surface area contributed by atoms with Crippen LogP contribution in [0.5, 0.6) is 0 Å². The quantitative estimate of drug-likeness (QED) is 0.828. The van der Waals surface area contributed by atoms with Gasteiger partial charge in [0.25, 0.3) is 5.56 Å². The van der Waals surface area contributed by atoms with Gasteiger partial charge in [0.2, 0.25) is 0 Å². The lowest BCUT2D eigenvalue weighted by Crippen LogP contribution is -2.26. The van der Waals surface area contributed by atoms with E-state index in [0.29, 0.717) is 5.56 Å². The molecule has 0 saturated heterocycles. The van der Waals surface area contributed by atoms with E-state index in [1.54, 1.807) is 7.05 Å². The van der Waals surface area contributed by atoms with Crippen molar-refractivity contribution in [2.45, 2.75) is 26.2 Å². The van der Waals surface area contributed by atoms with Crippen molar-refractivity contribution in [1.29, 1.82) is 0 Å². The summed E-state index contributed by atoms with van der Waals surface area (Å²) in [5, 5.41) is 8.83. The number of hydrogen-bond donors (Lipinski definition) is 1. The standard InChI is InChI=1S/C11H16N2O3/c1-7(2)8(4-10(14)15)9-5-12-6-13(3)11(9)16/h5-8H,4H2,1-3H3,(H,14,15). The number of carboxylic acids is 1. The highest BCUT2D eigenvalue weighted by Gasteiger charge is 2.22. The zero-order valence-electron chi connectivity index (χ0n) is 9.67. The summed E-state index contributed by atoms with van der Waals surface area (Å²) in [6.07, 6.45) is 2.85. The summed E-state index contributed by atoms with van der Waals surface area (Å²) >= 11 is 0. The molecule has 0 aliphatic heterocycles. The molecule has 0 spiro atoms. The molecule has 1 heterocycles. The van der Waals surface area contributed by atoms with Gasteiger partial charge in [-0.3, -0.25) is 9.59 Å². The highest BCUT2D eigenvalue weighted by atomic mass is 16.4. The van der Waals surface area contributed by atoms with Crippen molar-refractivity contribution in [1.82, 2.24) is 9.55 Å². The molecule has 0 amide bonds. The van der Waals surface area contributed by atoms with Crippen molar-refractivity contribution in [2.24, 2.45) is 13.0 Å². The average Bonchev–Trinajstić information content (AvgIpc) is 2.18. The summed E-state index contributed by atoms with van der Waals surface area (Å²) in [6, 6.07) is 0. The molecule has 0 aromatic carbocycles. The van der Waals surface area contributed by atoms with Gasteiger partial charge in [-0.15, -0.1) is 0 Å². The number of aryl methyl sites for hydroxylation is 1. The summed E-state index contributed by atoms with van der Waals surface area (Å²) < 4.78 is 1.37. The van der Waals surface area contributed by atoms with E-state index in [1.165, 1.54) is 17.1 Å². The monoisotopic (exact) mass is 224 g/mol. The molecule has 16 heavy (non-hydrogen) atoms. The molecular formula is C11H16N2O3. The number of aromatic nitrogens is 2.